The molecule has 0 saturated carbocycles. The van der Waals surface area contributed by atoms with E-state index in [9.17, 15) is 13.2 Å². The Labute approximate surface area is 122 Å². The summed E-state index contributed by atoms with van der Waals surface area (Å²) >= 11 is 1.91. The minimum atomic E-state index is -4.27. The second kappa shape index (κ2) is 5.98. The van der Waals surface area contributed by atoms with Crippen molar-refractivity contribution in [2.45, 2.75) is 39.0 Å². The number of hydrogen-bond acceptors (Lipinski definition) is 2. The molecule has 2 rings (SSSR count). The number of hydrogen-bond donors (Lipinski definition) is 1. The molecule has 1 N–H and O–H groups in total. The molecule has 1 nitrogen and oxygen atoms in total. The van der Waals surface area contributed by atoms with Crippen molar-refractivity contribution >= 4 is 11.8 Å². The summed E-state index contributed by atoms with van der Waals surface area (Å²) in [6, 6.07) is 5.93. The van der Waals surface area contributed by atoms with Crippen LogP contribution in [0.4, 0.5) is 13.2 Å². The van der Waals surface area contributed by atoms with E-state index in [1.54, 1.807) is 6.07 Å². The Balaban J connectivity index is 1.94. The van der Waals surface area contributed by atoms with Gasteiger partial charge in [0.25, 0.3) is 0 Å². The van der Waals surface area contributed by atoms with E-state index in [2.05, 4.69) is 19.2 Å². The number of thioether (sulfide) groups is 1. The van der Waals surface area contributed by atoms with Crippen molar-refractivity contribution in [2.24, 2.45) is 5.41 Å². The van der Waals surface area contributed by atoms with Gasteiger partial charge in [-0.1, -0.05) is 32.0 Å². The molecule has 1 atom stereocenters. The van der Waals surface area contributed by atoms with Crippen molar-refractivity contribution in [1.82, 2.24) is 5.32 Å². The van der Waals surface area contributed by atoms with Gasteiger partial charge in [-0.3, -0.25) is 0 Å². The molecule has 0 radical (unpaired) electrons. The molecule has 1 unspecified atom stereocenters. The first-order valence-corrected chi connectivity index (χ1v) is 7.89. The molecular formula is C15H20F3NS. The Morgan fingerprint density at radius 3 is 2.75 bits per heavy atom. The zero-order valence-electron chi connectivity index (χ0n) is 11.8. The highest BCUT2D eigenvalue weighted by molar-refractivity contribution is 7.99. The van der Waals surface area contributed by atoms with E-state index < -0.39 is 11.7 Å². The fourth-order valence-electron chi connectivity index (χ4n) is 2.51. The predicted molar refractivity (Wildman–Crippen MR) is 77.8 cm³/mol. The van der Waals surface area contributed by atoms with Crippen LogP contribution >= 0.6 is 11.8 Å². The summed E-state index contributed by atoms with van der Waals surface area (Å²) in [7, 11) is 0. The molecule has 1 aliphatic heterocycles. The SMILES string of the molecule is CC1(C)CSCC(NCc2cccc(C(F)(F)F)c2)C1. The van der Waals surface area contributed by atoms with Gasteiger partial charge in [0.05, 0.1) is 5.56 Å². The van der Waals surface area contributed by atoms with Crippen LogP contribution in [-0.4, -0.2) is 17.5 Å². The van der Waals surface area contributed by atoms with Gasteiger partial charge >= 0.3 is 6.18 Å². The van der Waals surface area contributed by atoms with Gasteiger partial charge in [-0.15, -0.1) is 0 Å². The van der Waals surface area contributed by atoms with Crippen molar-refractivity contribution in [1.29, 1.82) is 0 Å². The van der Waals surface area contributed by atoms with Crippen molar-refractivity contribution in [3.8, 4) is 0 Å². The average molecular weight is 303 g/mol. The van der Waals surface area contributed by atoms with Crippen LogP contribution in [0.25, 0.3) is 0 Å². The van der Waals surface area contributed by atoms with Crippen molar-refractivity contribution < 1.29 is 13.2 Å². The maximum Gasteiger partial charge on any atom is 0.416 e. The third-order valence-corrected chi connectivity index (χ3v) is 5.08. The van der Waals surface area contributed by atoms with Gasteiger partial charge in [0.15, 0.2) is 0 Å². The molecule has 1 aromatic carbocycles. The Morgan fingerprint density at radius 2 is 2.10 bits per heavy atom. The summed E-state index contributed by atoms with van der Waals surface area (Å²) in [6.45, 7) is 4.96. The molecule has 0 aliphatic carbocycles. The normalized spacial score (nSPS) is 22.8. The lowest BCUT2D eigenvalue weighted by Gasteiger charge is -2.35. The first-order valence-electron chi connectivity index (χ1n) is 6.74. The standard InChI is InChI=1S/C15H20F3NS/c1-14(2)7-13(9-20-10-14)19-8-11-4-3-5-12(6-11)15(16,17)18/h3-6,13,19H,7-10H2,1-2H3. The van der Waals surface area contributed by atoms with Gasteiger partial charge in [-0.2, -0.15) is 24.9 Å². The molecule has 112 valence electrons. The Kier molecular flexibility index (Phi) is 4.69. The number of rotatable bonds is 3. The fourth-order valence-corrected chi connectivity index (χ4v) is 3.82. The van der Waals surface area contributed by atoms with Crippen molar-refractivity contribution in [3.05, 3.63) is 35.4 Å². The first kappa shape index (κ1) is 15.7. The van der Waals surface area contributed by atoms with Crippen LogP contribution in [0.15, 0.2) is 24.3 Å². The maximum atomic E-state index is 12.6. The van der Waals surface area contributed by atoms with E-state index in [4.69, 9.17) is 0 Å². The highest BCUT2D eigenvalue weighted by Crippen LogP contribution is 2.33. The third kappa shape index (κ3) is 4.42. The van der Waals surface area contributed by atoms with Crippen LogP contribution in [0, 0.1) is 5.41 Å². The molecule has 1 aromatic rings. The lowest BCUT2D eigenvalue weighted by molar-refractivity contribution is -0.137. The Hall–Kier alpha value is -0.680. The van der Waals surface area contributed by atoms with Crippen LogP contribution in [0.2, 0.25) is 0 Å². The molecular weight excluding hydrogens is 283 g/mol. The molecule has 1 saturated heterocycles. The number of benzene rings is 1. The van der Waals surface area contributed by atoms with Crippen LogP contribution in [0.1, 0.15) is 31.4 Å². The summed E-state index contributed by atoms with van der Waals surface area (Å²) in [6.07, 6.45) is -3.20. The number of halogens is 3. The molecule has 0 bridgehead atoms. The number of nitrogens with one attached hydrogen (secondary N) is 1. The maximum absolute atomic E-state index is 12.6. The Morgan fingerprint density at radius 1 is 1.35 bits per heavy atom. The van der Waals surface area contributed by atoms with Crippen LogP contribution in [-0.2, 0) is 12.7 Å². The summed E-state index contributed by atoms with van der Waals surface area (Å²) in [5.41, 5.74) is 0.414. The molecule has 20 heavy (non-hydrogen) atoms. The van der Waals surface area contributed by atoms with Gasteiger partial charge in [0, 0.05) is 18.3 Å². The third-order valence-electron chi connectivity index (χ3n) is 3.46. The van der Waals surface area contributed by atoms with E-state index in [1.807, 2.05) is 11.8 Å². The van der Waals surface area contributed by atoms with Crippen molar-refractivity contribution in [2.75, 3.05) is 11.5 Å². The van der Waals surface area contributed by atoms with Crippen LogP contribution in [0.5, 0.6) is 0 Å². The average Bonchev–Trinajstić information content (AvgIpc) is 2.35. The van der Waals surface area contributed by atoms with E-state index in [0.29, 0.717) is 23.6 Å². The van der Waals surface area contributed by atoms with E-state index in [0.717, 1.165) is 24.0 Å². The van der Waals surface area contributed by atoms with Gasteiger partial charge in [0.2, 0.25) is 0 Å². The highest BCUT2D eigenvalue weighted by atomic mass is 32.2. The zero-order chi connectivity index (χ0) is 14.8. The monoisotopic (exact) mass is 303 g/mol. The Bertz CT molecular complexity index is 457. The fraction of sp³-hybridized carbons (Fsp3) is 0.600. The van der Waals surface area contributed by atoms with Crippen LogP contribution in [0.3, 0.4) is 0 Å². The van der Waals surface area contributed by atoms with E-state index >= 15 is 0 Å². The molecule has 0 amide bonds. The molecule has 1 heterocycles. The summed E-state index contributed by atoms with van der Waals surface area (Å²) in [4.78, 5) is 0. The summed E-state index contributed by atoms with van der Waals surface area (Å²) in [5.74, 6) is 2.18. The highest BCUT2D eigenvalue weighted by Gasteiger charge is 2.31. The van der Waals surface area contributed by atoms with Gasteiger partial charge < -0.3 is 5.32 Å². The quantitative estimate of drug-likeness (QED) is 0.892. The summed E-state index contributed by atoms with van der Waals surface area (Å²) < 4.78 is 37.9. The molecule has 1 fully saturated rings. The zero-order valence-corrected chi connectivity index (χ0v) is 12.6. The largest absolute Gasteiger partial charge is 0.416 e. The van der Waals surface area contributed by atoms with E-state index in [-0.39, 0.29) is 0 Å². The second-order valence-electron chi connectivity index (χ2n) is 6.16. The molecule has 5 heteroatoms. The van der Waals surface area contributed by atoms with Crippen molar-refractivity contribution in [3.63, 3.8) is 0 Å². The number of alkyl halides is 3. The minimum Gasteiger partial charge on any atom is -0.309 e. The van der Waals surface area contributed by atoms with Crippen LogP contribution < -0.4 is 5.32 Å². The lowest BCUT2D eigenvalue weighted by atomic mass is 9.88. The first-order chi connectivity index (χ1) is 9.26. The van der Waals surface area contributed by atoms with Gasteiger partial charge in [-0.25, -0.2) is 0 Å². The second-order valence-corrected chi connectivity index (χ2v) is 7.19. The lowest BCUT2D eigenvalue weighted by Crippen LogP contribution is -2.39. The van der Waals surface area contributed by atoms with Gasteiger partial charge in [-0.05, 0) is 29.2 Å². The van der Waals surface area contributed by atoms with E-state index in [1.165, 1.54) is 12.1 Å². The topological polar surface area (TPSA) is 12.0 Å². The smallest absolute Gasteiger partial charge is 0.309 e. The molecule has 1 aliphatic rings. The minimum absolute atomic E-state index is 0.300. The summed E-state index contributed by atoms with van der Waals surface area (Å²) in [5, 5.41) is 3.38. The molecule has 0 aromatic heterocycles. The predicted octanol–water partition coefficient (Wildman–Crippen LogP) is 4.33. The van der Waals surface area contributed by atoms with Gasteiger partial charge in [0.1, 0.15) is 0 Å². The molecule has 0 spiro atoms.